The highest BCUT2D eigenvalue weighted by atomic mass is 16.3. The lowest BCUT2D eigenvalue weighted by molar-refractivity contribution is -0.132. The van der Waals surface area contributed by atoms with E-state index in [1.54, 1.807) is 11.9 Å². The molecule has 4 aliphatic heterocycles. The molecule has 300 valence electrons. The second-order valence-corrected chi connectivity index (χ2v) is 17.3. The van der Waals surface area contributed by atoms with Gasteiger partial charge in [-0.1, -0.05) is 54.6 Å². The summed E-state index contributed by atoms with van der Waals surface area (Å²) in [6.45, 7) is 5.53. The summed E-state index contributed by atoms with van der Waals surface area (Å²) in [5.74, 6) is 0.677. The molecule has 3 unspecified atom stereocenters. The molecule has 0 radical (unpaired) electrons. The number of likely N-dealkylation sites (N-methyl/N-ethyl adjacent to an activating group) is 1. The molecule has 2 saturated heterocycles. The fraction of sp³-hybridized carbons (Fsp3) is 0.417. The molecule has 10 nitrogen and oxygen atoms in total. The number of hydrogen-bond donors (Lipinski definition) is 2. The van der Waals surface area contributed by atoms with E-state index in [0.717, 1.165) is 81.3 Å². The van der Waals surface area contributed by atoms with E-state index in [0.29, 0.717) is 49.8 Å². The Morgan fingerprint density at radius 3 is 2.34 bits per heavy atom. The summed E-state index contributed by atoms with van der Waals surface area (Å²) in [4.78, 5) is 59.2. The standard InChI is InChI=1S/C48H53N5O5/c1-49-46(57)43(8-5-23-54)53-29-37-24-35-27-50(28-36(35)26-42(37)47(53)58)30-44(56)52-22-19-48(31-52)17-20-51(21-18-48)38-12-9-33(10-13-38)45-40(32-6-3-2-4-7-32)15-11-34-25-39(55)14-16-41(34)45/h2-4,6-7,9-10,12-14,16,23-26,40,43,45,55H,5,8,11,15,17-22,27-31H2,1H3,(H,49,57). The molecule has 4 aromatic rings. The predicted octanol–water partition coefficient (Wildman–Crippen LogP) is 6.14. The van der Waals surface area contributed by atoms with E-state index < -0.39 is 6.04 Å². The van der Waals surface area contributed by atoms with Crippen molar-refractivity contribution >= 4 is 29.7 Å². The fourth-order valence-corrected chi connectivity index (χ4v) is 10.8. The van der Waals surface area contributed by atoms with Crippen molar-refractivity contribution in [2.45, 2.75) is 82.5 Å². The zero-order valence-electron chi connectivity index (χ0n) is 33.4. The number of aldehydes is 1. The van der Waals surface area contributed by atoms with Crippen LogP contribution in [0.4, 0.5) is 5.69 Å². The van der Waals surface area contributed by atoms with Gasteiger partial charge in [0.2, 0.25) is 11.8 Å². The zero-order valence-corrected chi connectivity index (χ0v) is 33.4. The largest absolute Gasteiger partial charge is 0.508 e. The summed E-state index contributed by atoms with van der Waals surface area (Å²) < 4.78 is 0. The molecular weight excluding hydrogens is 727 g/mol. The predicted molar refractivity (Wildman–Crippen MR) is 223 cm³/mol. The van der Waals surface area contributed by atoms with E-state index in [-0.39, 0.29) is 35.5 Å². The number of phenolic OH excluding ortho intramolecular Hbond substituents is 1. The van der Waals surface area contributed by atoms with Crippen molar-refractivity contribution in [3.8, 4) is 5.75 Å². The third kappa shape index (κ3) is 7.16. The van der Waals surface area contributed by atoms with Crippen molar-refractivity contribution in [2.75, 3.05) is 44.7 Å². The van der Waals surface area contributed by atoms with Gasteiger partial charge < -0.3 is 29.9 Å². The van der Waals surface area contributed by atoms with Crippen LogP contribution in [0.1, 0.15) is 99.7 Å². The lowest BCUT2D eigenvalue weighted by Crippen LogP contribution is -2.46. The van der Waals surface area contributed by atoms with E-state index in [2.05, 4.69) is 86.7 Å². The maximum atomic E-state index is 13.7. The van der Waals surface area contributed by atoms with Gasteiger partial charge >= 0.3 is 0 Å². The van der Waals surface area contributed by atoms with E-state index in [9.17, 15) is 24.3 Å². The average molecular weight is 780 g/mol. The average Bonchev–Trinajstić information content (AvgIpc) is 3.94. The van der Waals surface area contributed by atoms with Crippen LogP contribution in [-0.2, 0) is 40.4 Å². The minimum absolute atomic E-state index is 0.158. The van der Waals surface area contributed by atoms with Crippen LogP contribution in [0.2, 0.25) is 0 Å². The molecule has 5 aliphatic rings. The highest BCUT2D eigenvalue weighted by molar-refractivity contribution is 6.01. The van der Waals surface area contributed by atoms with Gasteiger partial charge in [0, 0.05) is 76.5 Å². The van der Waals surface area contributed by atoms with Gasteiger partial charge in [-0.25, -0.2) is 0 Å². The van der Waals surface area contributed by atoms with E-state index in [1.165, 1.54) is 27.9 Å². The minimum Gasteiger partial charge on any atom is -0.508 e. The molecule has 4 aromatic carbocycles. The van der Waals surface area contributed by atoms with Gasteiger partial charge in [-0.15, -0.1) is 0 Å². The first-order valence-electron chi connectivity index (χ1n) is 21.1. The normalized spacial score (nSPS) is 21.5. The first-order chi connectivity index (χ1) is 28.2. The van der Waals surface area contributed by atoms with Crippen molar-refractivity contribution < 1.29 is 24.3 Å². The lowest BCUT2D eigenvalue weighted by Gasteiger charge is -2.40. The summed E-state index contributed by atoms with van der Waals surface area (Å²) in [5, 5.41) is 12.9. The first-order valence-corrected chi connectivity index (χ1v) is 21.1. The summed E-state index contributed by atoms with van der Waals surface area (Å²) in [6, 6.07) is 29.3. The molecule has 3 amide bonds. The molecule has 3 atom stereocenters. The summed E-state index contributed by atoms with van der Waals surface area (Å²) in [7, 11) is 1.55. The molecule has 4 heterocycles. The fourth-order valence-electron chi connectivity index (χ4n) is 10.8. The van der Waals surface area contributed by atoms with E-state index in [4.69, 9.17) is 0 Å². The Morgan fingerprint density at radius 1 is 0.862 bits per heavy atom. The van der Waals surface area contributed by atoms with Gasteiger partial charge in [-0.05, 0) is 119 Å². The zero-order chi connectivity index (χ0) is 40.0. The molecule has 1 spiro atoms. The number of phenols is 1. The Balaban J connectivity index is 0.798. The number of hydrogen-bond acceptors (Lipinski definition) is 7. The van der Waals surface area contributed by atoms with Crippen molar-refractivity contribution in [3.05, 3.63) is 129 Å². The van der Waals surface area contributed by atoms with Crippen LogP contribution in [0.3, 0.4) is 0 Å². The highest BCUT2D eigenvalue weighted by Gasteiger charge is 2.43. The van der Waals surface area contributed by atoms with E-state index >= 15 is 0 Å². The number of benzene rings is 4. The number of carbonyl (C=O) groups is 4. The molecule has 1 aliphatic carbocycles. The maximum absolute atomic E-state index is 13.7. The Bertz CT molecular complexity index is 2220. The van der Waals surface area contributed by atoms with Gasteiger partial charge in [-0.2, -0.15) is 0 Å². The van der Waals surface area contributed by atoms with Crippen LogP contribution in [0.25, 0.3) is 0 Å². The summed E-state index contributed by atoms with van der Waals surface area (Å²) in [5.41, 5.74) is 10.3. The molecule has 0 bridgehead atoms. The monoisotopic (exact) mass is 779 g/mol. The quantitative estimate of drug-likeness (QED) is 0.186. The van der Waals surface area contributed by atoms with Gasteiger partial charge in [0.15, 0.2) is 0 Å². The Morgan fingerprint density at radius 2 is 1.60 bits per heavy atom. The molecule has 58 heavy (non-hydrogen) atoms. The van der Waals surface area contributed by atoms with Gasteiger partial charge in [0.1, 0.15) is 18.1 Å². The summed E-state index contributed by atoms with van der Waals surface area (Å²) in [6.07, 6.45) is 6.47. The Kier molecular flexibility index (Phi) is 10.3. The van der Waals surface area contributed by atoms with Crippen molar-refractivity contribution in [2.24, 2.45) is 5.41 Å². The number of nitrogens with zero attached hydrogens (tertiary/aromatic N) is 4. The number of aryl methyl sites for hydroxylation is 1. The second-order valence-electron chi connectivity index (χ2n) is 17.3. The Hall–Kier alpha value is -5.48. The Labute approximate surface area is 340 Å². The second kappa shape index (κ2) is 15.7. The number of nitrogens with one attached hydrogen (secondary N) is 1. The lowest BCUT2D eigenvalue weighted by atomic mass is 9.69. The van der Waals surface area contributed by atoms with Crippen molar-refractivity contribution in [3.63, 3.8) is 0 Å². The van der Waals surface area contributed by atoms with Gasteiger partial charge in [-0.3, -0.25) is 19.3 Å². The molecular formula is C48H53N5O5. The molecule has 0 saturated carbocycles. The van der Waals surface area contributed by atoms with Gasteiger partial charge in [0.05, 0.1) is 6.54 Å². The molecule has 10 heteroatoms. The minimum atomic E-state index is -0.682. The van der Waals surface area contributed by atoms with Crippen LogP contribution in [0.15, 0.2) is 84.9 Å². The molecule has 2 N–H and O–H groups in total. The molecule has 0 aromatic heterocycles. The number of fused-ring (bicyclic) bond motifs is 3. The van der Waals surface area contributed by atoms with Crippen LogP contribution in [-0.4, -0.2) is 89.6 Å². The smallest absolute Gasteiger partial charge is 0.255 e. The van der Waals surface area contributed by atoms with Gasteiger partial charge in [0.25, 0.3) is 5.91 Å². The number of amides is 3. The summed E-state index contributed by atoms with van der Waals surface area (Å²) >= 11 is 0. The van der Waals surface area contributed by atoms with Crippen LogP contribution >= 0.6 is 0 Å². The third-order valence-electron chi connectivity index (χ3n) is 13.9. The topological polar surface area (TPSA) is 113 Å². The number of anilines is 1. The van der Waals surface area contributed by atoms with Crippen molar-refractivity contribution in [1.82, 2.24) is 20.0 Å². The van der Waals surface area contributed by atoms with Crippen molar-refractivity contribution in [1.29, 1.82) is 0 Å². The van der Waals surface area contributed by atoms with E-state index in [1.807, 2.05) is 18.2 Å². The SMILES string of the molecule is CNC(=O)C(CCC=O)N1Cc2cc3c(cc2C1=O)CN(CC(=O)N1CCC2(CCN(c4ccc(C5c6ccc(O)cc6CCC5c5ccccc5)cc4)CC2)C1)C3. The number of rotatable bonds is 10. The number of aromatic hydroxyl groups is 1. The third-order valence-corrected chi connectivity index (χ3v) is 13.9. The number of piperidine rings is 1. The highest BCUT2D eigenvalue weighted by Crippen LogP contribution is 2.48. The first kappa shape index (κ1) is 38.1. The molecule has 2 fully saturated rings. The van der Waals surface area contributed by atoms with Crippen LogP contribution in [0, 0.1) is 5.41 Å². The number of carbonyl (C=O) groups excluding carboxylic acids is 4. The van der Waals surface area contributed by atoms with Crippen LogP contribution < -0.4 is 10.2 Å². The molecule has 9 rings (SSSR count). The van der Waals surface area contributed by atoms with Crippen LogP contribution in [0.5, 0.6) is 5.75 Å². The maximum Gasteiger partial charge on any atom is 0.255 e. The number of likely N-dealkylation sites (tertiary alicyclic amines) is 1.